The topological polar surface area (TPSA) is 0 Å². The van der Waals surface area contributed by atoms with Crippen molar-refractivity contribution in [2.75, 3.05) is 34.6 Å². The predicted molar refractivity (Wildman–Crippen MR) is 35.7 cm³/mol. The van der Waals surface area contributed by atoms with Gasteiger partial charge in [-0.25, -0.2) is 0 Å². The molecule has 0 aromatic carbocycles. The van der Waals surface area contributed by atoms with Gasteiger partial charge in [0, 0.05) is 6.38 Å². The Kier molecular flexibility index (Phi) is 6.47. The van der Waals surface area contributed by atoms with E-state index >= 15 is 0 Å². The highest BCUT2D eigenvalue weighted by Gasteiger charge is 1.88. The van der Waals surface area contributed by atoms with Crippen LogP contribution in [0.3, 0.4) is 0 Å². The number of hydrogen-bond acceptors (Lipinski definition) is 0. The summed E-state index contributed by atoms with van der Waals surface area (Å²) in [6.07, 6.45) is 1.47. The van der Waals surface area contributed by atoms with Crippen LogP contribution >= 0.6 is 11.6 Å². The van der Waals surface area contributed by atoms with Gasteiger partial charge in [-0.1, -0.05) is 0 Å². The van der Waals surface area contributed by atoms with E-state index in [4.69, 9.17) is 0 Å². The number of nitrogens with zero attached hydrogens (tertiary/aromatic N) is 1. The molecule has 0 N–H and O–H groups in total. The summed E-state index contributed by atoms with van der Waals surface area (Å²) >= 11 is 4.64. The molecule has 0 fully saturated rings. The van der Waals surface area contributed by atoms with E-state index in [1.807, 2.05) is 0 Å². The Morgan fingerprint density at radius 1 is 0.857 bits per heavy atom. The third-order valence-electron chi connectivity index (χ3n) is 0. The van der Waals surface area contributed by atoms with E-state index in [-0.39, 0.29) is 0 Å². The molecule has 0 aliphatic heterocycles. The first-order valence-corrected chi connectivity index (χ1v) is 2.92. The second-order valence-corrected chi connectivity index (χ2v) is 2.68. The van der Waals surface area contributed by atoms with E-state index in [9.17, 15) is 0 Å². The zero-order chi connectivity index (χ0) is 6.50. The molecule has 0 bridgehead atoms. The summed E-state index contributed by atoms with van der Waals surface area (Å²) in [5, 5.41) is 0. The minimum atomic E-state index is 1.00. The third-order valence-corrected chi connectivity index (χ3v) is 0. The quantitative estimate of drug-likeness (QED) is 0.336. The third kappa shape index (κ3) is 1810. The van der Waals surface area contributed by atoms with E-state index < -0.39 is 0 Å². The van der Waals surface area contributed by atoms with Crippen molar-refractivity contribution >= 4 is 11.6 Å². The van der Waals surface area contributed by atoms with Crippen LogP contribution in [-0.2, 0) is 0 Å². The van der Waals surface area contributed by atoms with Crippen LogP contribution in [-0.4, -0.2) is 39.1 Å². The lowest BCUT2D eigenvalue weighted by molar-refractivity contribution is -0.849. The summed E-state index contributed by atoms with van der Waals surface area (Å²) < 4.78 is 1.00. The molecule has 0 saturated heterocycles. The van der Waals surface area contributed by atoms with Gasteiger partial charge in [-0.15, -0.1) is 11.6 Å². The summed E-state index contributed by atoms with van der Waals surface area (Å²) in [6, 6.07) is 0. The van der Waals surface area contributed by atoms with Crippen molar-refractivity contribution in [1.29, 1.82) is 0 Å². The molecule has 0 rings (SSSR count). The number of halogens is 1. The van der Waals surface area contributed by atoms with E-state index in [0.29, 0.717) is 0 Å². The lowest BCUT2D eigenvalue weighted by atomic mass is 10.8. The van der Waals surface area contributed by atoms with E-state index in [1.165, 1.54) is 6.38 Å². The average Bonchev–Trinajstić information content (AvgIpc) is 1.36. The summed E-state index contributed by atoms with van der Waals surface area (Å²) in [4.78, 5) is 0. The van der Waals surface area contributed by atoms with Crippen LogP contribution in [0, 0.1) is 0 Å². The molecule has 0 radical (unpaired) electrons. The molecule has 1 nitrogen and oxygen atoms in total. The van der Waals surface area contributed by atoms with Crippen molar-refractivity contribution in [2.24, 2.45) is 0 Å². The summed E-state index contributed by atoms with van der Waals surface area (Å²) in [5.74, 6) is 0. The number of hydrogen-bond donors (Lipinski definition) is 0. The zero-order valence-electron chi connectivity index (χ0n) is 5.83. The molecule has 0 spiro atoms. The van der Waals surface area contributed by atoms with Gasteiger partial charge in [0.05, 0.1) is 28.2 Å². The van der Waals surface area contributed by atoms with Gasteiger partial charge in [-0.2, -0.15) is 0 Å². The minimum Gasteiger partial charge on any atom is -0.333 e. The summed E-state index contributed by atoms with van der Waals surface area (Å²) in [6.45, 7) is 0. The maximum absolute atomic E-state index is 4.64. The van der Waals surface area contributed by atoms with Crippen LogP contribution in [0.2, 0.25) is 0 Å². The second-order valence-electron chi connectivity index (χ2n) is 2.68. The molecule has 46 valence electrons. The molecule has 0 heterocycles. The number of quaternary nitrogens is 1. The lowest BCUT2D eigenvalue weighted by Gasteiger charge is -2.14. The Morgan fingerprint density at radius 3 is 0.857 bits per heavy atom. The fourth-order valence-electron chi connectivity index (χ4n) is 0. The van der Waals surface area contributed by atoms with Gasteiger partial charge in [0.15, 0.2) is 0 Å². The average molecular weight is 125 g/mol. The highest BCUT2D eigenvalue weighted by atomic mass is 35.5. The molecule has 0 aliphatic rings. The van der Waals surface area contributed by atoms with Crippen LogP contribution in [0.5, 0.6) is 0 Å². The number of alkyl halides is 1. The Morgan fingerprint density at radius 2 is 0.857 bits per heavy atom. The Labute approximate surface area is 51.5 Å². The van der Waals surface area contributed by atoms with E-state index in [0.717, 1.165) is 4.48 Å². The SMILES string of the molecule is CCl.C[N+](C)(C)C. The van der Waals surface area contributed by atoms with Gasteiger partial charge in [0.1, 0.15) is 0 Å². The summed E-state index contributed by atoms with van der Waals surface area (Å²) in [5.41, 5.74) is 0. The maximum atomic E-state index is 4.64. The van der Waals surface area contributed by atoms with E-state index in [2.05, 4.69) is 39.8 Å². The predicted octanol–water partition coefficient (Wildman–Crippen LogP) is 1.18. The lowest BCUT2D eigenvalue weighted by Crippen LogP contribution is -2.27. The highest BCUT2D eigenvalue weighted by Crippen LogP contribution is 1.73. The monoisotopic (exact) mass is 124 g/mol. The molecular formula is C5H15ClN+. The molecule has 2 heteroatoms. The van der Waals surface area contributed by atoms with Crippen molar-refractivity contribution in [2.45, 2.75) is 0 Å². The molecule has 0 aromatic rings. The fourth-order valence-corrected chi connectivity index (χ4v) is 0. The van der Waals surface area contributed by atoms with Gasteiger partial charge in [0.25, 0.3) is 0 Å². The molecule has 7 heavy (non-hydrogen) atoms. The smallest absolute Gasteiger partial charge is 0.0675 e. The Balaban J connectivity index is 0. The minimum absolute atomic E-state index is 1.00. The summed E-state index contributed by atoms with van der Waals surface area (Å²) in [7, 11) is 8.50. The standard InChI is InChI=1S/C4H12N.CH3Cl/c1-5(2,3)4;1-2/h1-4H3;1H3/q+1;. The van der Waals surface area contributed by atoms with Gasteiger partial charge in [-0.05, 0) is 0 Å². The van der Waals surface area contributed by atoms with Gasteiger partial charge in [0.2, 0.25) is 0 Å². The molecule has 0 amide bonds. The normalized spacial score (nSPS) is 9.43. The van der Waals surface area contributed by atoms with Crippen LogP contribution in [0.4, 0.5) is 0 Å². The number of rotatable bonds is 0. The molecule has 0 aliphatic carbocycles. The first-order chi connectivity index (χ1) is 3.00. The molecule has 0 aromatic heterocycles. The zero-order valence-corrected chi connectivity index (χ0v) is 6.58. The van der Waals surface area contributed by atoms with Gasteiger partial charge < -0.3 is 4.48 Å². The van der Waals surface area contributed by atoms with Crippen LogP contribution < -0.4 is 0 Å². The van der Waals surface area contributed by atoms with Gasteiger partial charge in [-0.3, -0.25) is 0 Å². The fraction of sp³-hybridized carbons (Fsp3) is 1.00. The van der Waals surface area contributed by atoms with Crippen molar-refractivity contribution in [1.82, 2.24) is 0 Å². The Bertz CT molecular complexity index is 23.6. The second kappa shape index (κ2) is 4.41. The van der Waals surface area contributed by atoms with E-state index in [1.54, 1.807) is 0 Å². The molecule has 0 atom stereocenters. The highest BCUT2D eigenvalue weighted by molar-refractivity contribution is 6.15. The van der Waals surface area contributed by atoms with Crippen LogP contribution in [0.1, 0.15) is 0 Å². The van der Waals surface area contributed by atoms with Crippen molar-refractivity contribution in [3.8, 4) is 0 Å². The van der Waals surface area contributed by atoms with Crippen molar-refractivity contribution in [3.63, 3.8) is 0 Å². The van der Waals surface area contributed by atoms with Gasteiger partial charge >= 0.3 is 0 Å². The Hall–Kier alpha value is 0.250. The first-order valence-electron chi connectivity index (χ1n) is 2.17. The molecular weight excluding hydrogens is 110 g/mol. The largest absolute Gasteiger partial charge is 0.333 e. The van der Waals surface area contributed by atoms with Crippen molar-refractivity contribution < 1.29 is 4.48 Å². The first kappa shape index (κ1) is 10.3. The molecule has 0 unspecified atom stereocenters. The maximum Gasteiger partial charge on any atom is 0.0675 e. The van der Waals surface area contributed by atoms with Crippen LogP contribution in [0.15, 0.2) is 0 Å². The van der Waals surface area contributed by atoms with Crippen molar-refractivity contribution in [3.05, 3.63) is 0 Å². The van der Waals surface area contributed by atoms with Crippen LogP contribution in [0.25, 0.3) is 0 Å². The molecule has 0 saturated carbocycles.